The number of ether oxygens (including phenoxy) is 4. The lowest BCUT2D eigenvalue weighted by Crippen LogP contribution is -2.54. The quantitative estimate of drug-likeness (QED) is 0.0240. The first kappa shape index (κ1) is 84.2. The van der Waals surface area contributed by atoms with Gasteiger partial charge in [0.15, 0.2) is 11.6 Å². The number of imide groups is 1. The van der Waals surface area contributed by atoms with Crippen LogP contribution in [-0.4, -0.2) is 188 Å². The lowest BCUT2D eigenvalue weighted by atomic mass is 9.88. The van der Waals surface area contributed by atoms with Crippen LogP contribution >= 0.6 is 0 Å². The first-order chi connectivity index (χ1) is 46.4. The van der Waals surface area contributed by atoms with E-state index < -0.39 is 66.2 Å². The molecule has 0 aliphatic carbocycles. The van der Waals surface area contributed by atoms with E-state index in [1.807, 2.05) is 72.0 Å². The summed E-state index contributed by atoms with van der Waals surface area (Å²) in [5.41, 5.74) is 7.17. The summed E-state index contributed by atoms with van der Waals surface area (Å²) in [6.45, 7) is 22.0. The number of nitrogens with zero attached hydrogens (tertiary/aromatic N) is 4. The predicted molar refractivity (Wildman–Crippen MR) is 372 cm³/mol. The van der Waals surface area contributed by atoms with Crippen LogP contribution in [0.5, 0.6) is 0 Å². The molecule has 25 nitrogen and oxygen atoms in total. The number of amides is 10. The van der Waals surface area contributed by atoms with Crippen molar-refractivity contribution < 1.29 is 76.5 Å². The molecule has 2 aromatic carbocycles. The summed E-state index contributed by atoms with van der Waals surface area (Å²) in [6, 6.07) is 12.5. The van der Waals surface area contributed by atoms with Gasteiger partial charge in [0.2, 0.25) is 29.5 Å². The Hall–Kier alpha value is -8.06. The summed E-state index contributed by atoms with van der Waals surface area (Å²) < 4.78 is 22.2. The van der Waals surface area contributed by atoms with Crippen molar-refractivity contribution >= 4 is 76.7 Å². The van der Waals surface area contributed by atoms with E-state index in [9.17, 15) is 57.5 Å². The molecular formula is C73H113N9O16. The van der Waals surface area contributed by atoms with E-state index in [1.54, 1.807) is 76.0 Å². The third-order valence-electron chi connectivity index (χ3n) is 18.7. The SMILES string of the molecule is CCC(=O)[C@H](C(C)C)N(C)C(=O)OCc1ccc(NC(=O)[C@H](CCCNC(N)=O)CC(=O)[C@@H](NC(=O)CCCCCN2C(=O)C=CC2=O)C(C)C)cc1.CC[C@H](C)[C@@H]([C@@H](CC(=O)N1CCC[C@H]1[C@H](OC)[C@@H](C)C(=O)N[C@@H](Cc1ccccc1)C(=O)OC)OC)N(C)C(=O)[C@@H](C)C(C)C. The van der Waals surface area contributed by atoms with E-state index in [1.165, 1.54) is 31.2 Å². The zero-order chi connectivity index (χ0) is 73.5. The van der Waals surface area contributed by atoms with E-state index in [-0.39, 0.29) is 134 Å². The van der Waals surface area contributed by atoms with Crippen molar-refractivity contribution in [3.8, 4) is 0 Å². The zero-order valence-electron chi connectivity index (χ0n) is 60.9. The Morgan fingerprint density at radius 3 is 1.89 bits per heavy atom. The Kier molecular flexibility index (Phi) is 36.7. The summed E-state index contributed by atoms with van der Waals surface area (Å²) in [5, 5.41) is 11.0. The number of nitrogens with two attached hydrogens (primary N) is 1. The number of unbranched alkanes of at least 4 members (excludes halogenated alkanes) is 2. The van der Waals surface area contributed by atoms with Crippen molar-refractivity contribution in [2.75, 3.05) is 60.4 Å². The van der Waals surface area contributed by atoms with Gasteiger partial charge in [-0.25, -0.2) is 14.4 Å². The minimum absolute atomic E-state index is 0.0423. The number of likely N-dealkylation sites (N-methyl/N-ethyl adjacent to an activating group) is 2. The Labute approximate surface area is 580 Å². The Bertz CT molecular complexity index is 2960. The number of Topliss-reactive ketones (excluding diaryl/α,β-unsaturated/α-hetero) is 2. The summed E-state index contributed by atoms with van der Waals surface area (Å²) in [6.07, 6.45) is 6.03. The monoisotopic (exact) mass is 1370 g/mol. The van der Waals surface area contributed by atoms with E-state index in [0.717, 1.165) is 23.3 Å². The van der Waals surface area contributed by atoms with Gasteiger partial charge in [0.1, 0.15) is 12.6 Å². The maximum Gasteiger partial charge on any atom is 0.410 e. The number of hydrogen-bond acceptors (Lipinski definition) is 16. The molecule has 0 unspecified atom stereocenters. The highest BCUT2D eigenvalue weighted by molar-refractivity contribution is 6.12. The van der Waals surface area contributed by atoms with Crippen LogP contribution in [0.3, 0.4) is 0 Å². The summed E-state index contributed by atoms with van der Waals surface area (Å²) in [4.78, 5) is 159. The molecule has 10 amide bonds. The topological polar surface area (TPSA) is 329 Å². The number of primary amides is 1. The van der Waals surface area contributed by atoms with Crippen molar-refractivity contribution in [3.05, 3.63) is 77.9 Å². The minimum Gasteiger partial charge on any atom is -0.467 e. The van der Waals surface area contributed by atoms with Crippen LogP contribution in [0.2, 0.25) is 0 Å². The number of carbonyl (C=O) groups is 12. The molecule has 0 spiro atoms. The molecular weight excluding hydrogens is 1260 g/mol. The van der Waals surface area contributed by atoms with Crippen LogP contribution in [0, 0.1) is 41.4 Å². The molecule has 1 saturated heterocycles. The average molecular weight is 1370 g/mol. The smallest absolute Gasteiger partial charge is 0.410 e. The van der Waals surface area contributed by atoms with Gasteiger partial charge in [-0.1, -0.05) is 131 Å². The summed E-state index contributed by atoms with van der Waals surface area (Å²) >= 11 is 0. The largest absolute Gasteiger partial charge is 0.467 e. The van der Waals surface area contributed by atoms with Crippen LogP contribution in [0.15, 0.2) is 66.7 Å². The fourth-order valence-electron chi connectivity index (χ4n) is 12.4. The number of methoxy groups -OCH3 is 3. The van der Waals surface area contributed by atoms with Crippen molar-refractivity contribution in [3.63, 3.8) is 0 Å². The molecule has 6 N–H and O–H groups in total. The number of hydrogen-bond donors (Lipinski definition) is 5. The number of likely N-dealkylation sites (tertiary alicyclic amines) is 1. The van der Waals surface area contributed by atoms with Gasteiger partial charge in [-0.15, -0.1) is 0 Å². The van der Waals surface area contributed by atoms with Gasteiger partial charge in [0.05, 0.1) is 55.8 Å². The van der Waals surface area contributed by atoms with Gasteiger partial charge in [0.25, 0.3) is 11.8 Å². The highest BCUT2D eigenvalue weighted by Crippen LogP contribution is 2.31. The Morgan fingerprint density at radius 1 is 0.694 bits per heavy atom. The molecule has 98 heavy (non-hydrogen) atoms. The zero-order valence-corrected chi connectivity index (χ0v) is 60.9. The molecule has 0 bridgehead atoms. The molecule has 546 valence electrons. The second-order valence-electron chi connectivity index (χ2n) is 26.8. The van der Waals surface area contributed by atoms with E-state index >= 15 is 0 Å². The third kappa shape index (κ3) is 26.3. The minimum atomic E-state index is -0.857. The van der Waals surface area contributed by atoms with Crippen LogP contribution < -0.4 is 27.0 Å². The molecule has 2 aliphatic rings. The third-order valence-corrected chi connectivity index (χ3v) is 18.7. The molecule has 11 atom stereocenters. The standard InChI is InChI=1S/C38H56N6O9.C35H57N3O7/c1-7-29(45)35(25(4)5)43(6)38(52)53-23-26-14-16-28(17-15-26)41-36(50)27(12-11-20-40-37(39)51)22-30(46)34(24(2)3)42-31(47)13-9-8-10-21-44-32(48)18-19-33(44)49;1-11-23(4)31(37(7)34(41)24(5)22(2)3)29(43-8)21-30(39)38-19-15-18-28(38)32(44-9)25(6)33(40)36-27(35(42)45-10)20-26-16-13-12-14-17-26/h14-19,24-25,27,34-35H,7-13,20-23H2,1-6H3,(H,41,50)(H,42,47)(H3,39,40,51);12-14,16-17,22-25,27-29,31-32H,11,15,18-21H2,1-10H3,(H,36,40)/t27-,34+,35+;23-,24-,25+,27-,28-,29+,31-,32+/m10/s1. The second-order valence-corrected chi connectivity index (χ2v) is 26.8. The Morgan fingerprint density at radius 2 is 1.34 bits per heavy atom. The first-order valence-corrected chi connectivity index (χ1v) is 34.6. The number of anilines is 1. The van der Waals surface area contributed by atoms with Crippen LogP contribution in [-0.2, 0) is 79.9 Å². The molecule has 2 heterocycles. The maximum absolute atomic E-state index is 13.9. The average Bonchev–Trinajstić information content (AvgIpc) is 1.52. The van der Waals surface area contributed by atoms with Crippen molar-refractivity contribution in [2.45, 2.75) is 209 Å². The number of rotatable bonds is 40. The van der Waals surface area contributed by atoms with Crippen molar-refractivity contribution in [1.82, 2.24) is 35.6 Å². The highest BCUT2D eigenvalue weighted by Gasteiger charge is 2.43. The molecule has 2 aromatic rings. The van der Waals surface area contributed by atoms with Gasteiger partial charge in [-0.05, 0) is 85.5 Å². The molecule has 0 aromatic heterocycles. The lowest BCUT2D eigenvalue weighted by Gasteiger charge is -2.40. The molecule has 25 heteroatoms. The number of urea groups is 1. The predicted octanol–water partition coefficient (Wildman–Crippen LogP) is 7.95. The van der Waals surface area contributed by atoms with Crippen LogP contribution in [0.25, 0.3) is 0 Å². The summed E-state index contributed by atoms with van der Waals surface area (Å²) in [7, 11) is 7.79. The molecule has 0 saturated carbocycles. The van der Waals surface area contributed by atoms with Gasteiger partial charge < -0.3 is 60.6 Å². The number of ketones is 2. The fourth-order valence-corrected chi connectivity index (χ4v) is 12.4. The highest BCUT2D eigenvalue weighted by atomic mass is 16.6. The van der Waals surface area contributed by atoms with Gasteiger partial charge in [-0.3, -0.25) is 48.1 Å². The van der Waals surface area contributed by atoms with Crippen molar-refractivity contribution in [2.24, 2.45) is 47.2 Å². The van der Waals surface area contributed by atoms with Gasteiger partial charge in [0, 0.05) is 103 Å². The lowest BCUT2D eigenvalue weighted by molar-refractivity contribution is -0.149. The number of benzene rings is 2. The van der Waals surface area contributed by atoms with E-state index in [2.05, 4.69) is 35.1 Å². The van der Waals surface area contributed by atoms with Crippen molar-refractivity contribution in [1.29, 1.82) is 0 Å². The second kappa shape index (κ2) is 42.7. The number of carbonyl (C=O) groups excluding carboxylic acids is 12. The normalized spacial score (nSPS) is 16.7. The molecule has 0 radical (unpaired) electrons. The van der Waals surface area contributed by atoms with Crippen LogP contribution in [0.1, 0.15) is 164 Å². The fraction of sp³-hybridized carbons (Fsp3) is 0.644. The first-order valence-electron chi connectivity index (χ1n) is 34.6. The molecule has 1 fully saturated rings. The Balaban J connectivity index is 0.000000517. The molecule has 4 rings (SSSR count). The van der Waals surface area contributed by atoms with Gasteiger partial charge >= 0.3 is 18.1 Å². The number of nitrogens with one attached hydrogen (secondary N) is 4. The molecule has 2 aliphatic heterocycles. The van der Waals surface area contributed by atoms with E-state index in [4.69, 9.17) is 24.7 Å². The van der Waals surface area contributed by atoms with E-state index in [0.29, 0.717) is 62.7 Å². The van der Waals surface area contributed by atoms with Crippen LogP contribution in [0.4, 0.5) is 15.3 Å². The van der Waals surface area contributed by atoms with Gasteiger partial charge in [-0.2, -0.15) is 0 Å². The maximum atomic E-state index is 13.9. The number of esters is 1. The summed E-state index contributed by atoms with van der Waals surface area (Å²) in [5.74, 6) is -4.33.